The van der Waals surface area contributed by atoms with Gasteiger partial charge in [-0.3, -0.25) is 0 Å². The lowest BCUT2D eigenvalue weighted by Crippen LogP contribution is -2.63. The molecule has 3 aliphatic heterocycles. The van der Waals surface area contributed by atoms with Crippen molar-refractivity contribution < 1.29 is 99.9 Å². The topological polar surface area (TPSA) is 339 Å². The number of rotatable bonds is 14. The van der Waals surface area contributed by atoms with Gasteiger partial charge in [-0.15, -0.1) is 0 Å². The van der Waals surface area contributed by atoms with Crippen LogP contribution in [0.2, 0.25) is 0 Å². The van der Waals surface area contributed by atoms with Crippen LogP contribution >= 0.6 is 0 Å². The van der Waals surface area contributed by atoms with E-state index in [1.54, 1.807) is 0 Å². The second kappa shape index (κ2) is 20.0. The smallest absolute Gasteiger partial charge is 0.187 e. The normalized spacial score (nSPS) is 50.3. The van der Waals surface area contributed by atoms with Gasteiger partial charge < -0.3 is 99.9 Å². The second-order valence-corrected chi connectivity index (χ2v) is 23.2. The third-order valence-corrected chi connectivity index (χ3v) is 18.9. The van der Waals surface area contributed by atoms with E-state index in [1.165, 1.54) is 19.4 Å². The first-order chi connectivity index (χ1) is 31.6. The molecule has 0 bridgehead atoms. The fraction of sp³-hybridized carbons (Fsp3) is 0.958. The van der Waals surface area contributed by atoms with Crippen LogP contribution < -0.4 is 0 Å². The average Bonchev–Trinajstić information content (AvgIpc) is 3.58. The summed E-state index contributed by atoms with van der Waals surface area (Å²) >= 11 is 0. The van der Waals surface area contributed by atoms with Crippen LogP contribution in [-0.4, -0.2) is 213 Å². The zero-order valence-corrected chi connectivity index (χ0v) is 40.6. The lowest BCUT2D eigenvalue weighted by Gasteiger charge is -2.66. The SMILES string of the molecule is C[C@H]([C@H](O)[C@@H](O)[C@@H](O)C(C)(C)O[C@@H]1O[C@H](CO)[C@@H](O)[C@H](O)[C@H]1O)[C@H]1CC[C@@]2(C)[C@@H]3CC=C4C(CC[C@H](O[C@@H]5O[C@H](CO[C@@H]6O[C@H](CO)[C@@H](O)[C@H](O)[C@H]6O)[C@@H](O)[C@H](O)[C@H]5O)C4(C)C)[C@]3(C)CC[C@]12C. The van der Waals surface area contributed by atoms with Gasteiger partial charge in [0.1, 0.15) is 85.5 Å². The molecule has 14 N–H and O–H groups in total. The highest BCUT2D eigenvalue weighted by molar-refractivity contribution is 5.30. The summed E-state index contributed by atoms with van der Waals surface area (Å²) in [5.41, 5.74) is -1.42. The van der Waals surface area contributed by atoms with E-state index in [2.05, 4.69) is 40.7 Å². The predicted molar refractivity (Wildman–Crippen MR) is 236 cm³/mol. The molecule has 1 unspecified atom stereocenters. The minimum Gasteiger partial charge on any atom is -0.394 e. The van der Waals surface area contributed by atoms with Crippen LogP contribution in [0.4, 0.5) is 0 Å². The van der Waals surface area contributed by atoms with Gasteiger partial charge in [0.25, 0.3) is 0 Å². The Morgan fingerprint density at radius 1 is 0.632 bits per heavy atom. The number of hydrogen-bond donors (Lipinski definition) is 14. The summed E-state index contributed by atoms with van der Waals surface area (Å²) in [5, 5.41) is 149. The minimum absolute atomic E-state index is 0.0171. The first kappa shape index (κ1) is 54.7. The Morgan fingerprint density at radius 2 is 1.16 bits per heavy atom. The predicted octanol–water partition coefficient (Wildman–Crippen LogP) is -2.09. The molecule has 7 aliphatic rings. The van der Waals surface area contributed by atoms with Crippen molar-refractivity contribution >= 4 is 0 Å². The van der Waals surface area contributed by atoms with Crippen LogP contribution in [0.15, 0.2) is 11.6 Å². The van der Waals surface area contributed by atoms with Gasteiger partial charge in [-0.25, -0.2) is 0 Å². The molecule has 7 rings (SSSR count). The van der Waals surface area contributed by atoms with Crippen molar-refractivity contribution in [3.63, 3.8) is 0 Å². The molecule has 6 fully saturated rings. The second-order valence-electron chi connectivity index (χ2n) is 23.2. The number of aliphatic hydroxyl groups is 14. The zero-order valence-electron chi connectivity index (χ0n) is 40.6. The molecule has 3 saturated carbocycles. The number of allylic oxidation sites excluding steroid dienone is 1. The van der Waals surface area contributed by atoms with Crippen LogP contribution in [-0.2, 0) is 28.4 Å². The van der Waals surface area contributed by atoms with E-state index in [9.17, 15) is 71.5 Å². The van der Waals surface area contributed by atoms with Gasteiger partial charge in [-0.05, 0) is 98.7 Å². The van der Waals surface area contributed by atoms with Crippen LogP contribution in [0.25, 0.3) is 0 Å². The van der Waals surface area contributed by atoms with Gasteiger partial charge in [0.2, 0.25) is 0 Å². The Bertz CT molecular complexity index is 1750. The van der Waals surface area contributed by atoms with Crippen molar-refractivity contribution in [3.8, 4) is 0 Å². The molecular weight excluding hydrogens is 897 g/mol. The molecule has 0 radical (unpaired) electrons. The van der Waals surface area contributed by atoms with Crippen LogP contribution in [0.3, 0.4) is 0 Å². The van der Waals surface area contributed by atoms with Gasteiger partial charge >= 0.3 is 0 Å². The first-order valence-electron chi connectivity index (χ1n) is 24.6. The fourth-order valence-corrected chi connectivity index (χ4v) is 14.2. The van der Waals surface area contributed by atoms with Gasteiger partial charge in [0.15, 0.2) is 18.9 Å². The Labute approximate surface area is 398 Å². The summed E-state index contributed by atoms with van der Waals surface area (Å²) in [4.78, 5) is 0. The lowest BCUT2D eigenvalue weighted by molar-refractivity contribution is -0.340. The summed E-state index contributed by atoms with van der Waals surface area (Å²) in [7, 11) is 0. The van der Waals surface area contributed by atoms with Gasteiger partial charge in [-0.2, -0.15) is 0 Å². The first-order valence-corrected chi connectivity index (χ1v) is 24.6. The van der Waals surface area contributed by atoms with Crippen molar-refractivity contribution in [2.75, 3.05) is 19.8 Å². The summed E-state index contributed by atoms with van der Waals surface area (Å²) < 4.78 is 35.0. The Hall–Kier alpha value is -1.06. The van der Waals surface area contributed by atoms with Crippen LogP contribution in [0.5, 0.6) is 0 Å². The summed E-state index contributed by atoms with van der Waals surface area (Å²) in [6.45, 7) is 14.3. The van der Waals surface area contributed by atoms with E-state index in [-0.39, 0.29) is 34.0 Å². The maximum Gasteiger partial charge on any atom is 0.187 e. The van der Waals surface area contributed by atoms with Crippen molar-refractivity contribution in [3.05, 3.63) is 11.6 Å². The third kappa shape index (κ3) is 9.09. The van der Waals surface area contributed by atoms with Crippen LogP contribution in [0, 0.1) is 45.3 Å². The molecule has 3 saturated heterocycles. The number of hydrogen-bond acceptors (Lipinski definition) is 20. The van der Waals surface area contributed by atoms with Crippen molar-refractivity contribution in [2.24, 2.45) is 45.3 Å². The van der Waals surface area contributed by atoms with E-state index in [0.29, 0.717) is 6.42 Å². The van der Waals surface area contributed by atoms with E-state index in [4.69, 9.17) is 28.4 Å². The molecule has 20 heteroatoms. The molecule has 0 aromatic carbocycles. The summed E-state index contributed by atoms with van der Waals surface area (Å²) in [6.07, 6.45) is -20.2. The molecule has 68 heavy (non-hydrogen) atoms. The monoisotopic (exact) mass is 979 g/mol. The quantitative estimate of drug-likeness (QED) is 0.0831. The van der Waals surface area contributed by atoms with Crippen molar-refractivity contribution in [1.82, 2.24) is 0 Å². The number of ether oxygens (including phenoxy) is 6. The number of aliphatic hydroxyl groups excluding tert-OH is 14. The zero-order chi connectivity index (χ0) is 50.4. The maximum atomic E-state index is 11.8. The molecule has 0 aromatic heterocycles. The molecule has 0 amide bonds. The van der Waals surface area contributed by atoms with E-state index >= 15 is 0 Å². The van der Waals surface area contributed by atoms with E-state index in [1.807, 2.05) is 6.92 Å². The van der Waals surface area contributed by atoms with E-state index in [0.717, 1.165) is 38.5 Å². The third-order valence-electron chi connectivity index (χ3n) is 18.9. The molecule has 0 aromatic rings. The maximum absolute atomic E-state index is 11.8. The number of fused-ring (bicyclic) bond motifs is 5. The molecule has 3 heterocycles. The van der Waals surface area contributed by atoms with Crippen molar-refractivity contribution in [2.45, 2.75) is 222 Å². The Morgan fingerprint density at radius 3 is 1.75 bits per heavy atom. The average molecular weight is 979 g/mol. The lowest BCUT2D eigenvalue weighted by atomic mass is 9.39. The molecule has 20 nitrogen and oxygen atoms in total. The van der Waals surface area contributed by atoms with Gasteiger partial charge in [-0.1, -0.05) is 53.2 Å². The van der Waals surface area contributed by atoms with Crippen LogP contribution in [0.1, 0.15) is 100 Å². The molecular formula is C48H82O20. The molecule has 394 valence electrons. The Kier molecular flexibility index (Phi) is 16.1. The summed E-state index contributed by atoms with van der Waals surface area (Å²) in [5.74, 6) is 0.00958. The Balaban J connectivity index is 1.01. The molecule has 4 aliphatic carbocycles. The van der Waals surface area contributed by atoms with Gasteiger partial charge in [0.05, 0.1) is 37.6 Å². The highest BCUT2D eigenvalue weighted by atomic mass is 16.7. The largest absolute Gasteiger partial charge is 0.394 e. The van der Waals surface area contributed by atoms with Crippen molar-refractivity contribution in [1.29, 1.82) is 0 Å². The minimum atomic E-state index is -1.72. The highest BCUT2D eigenvalue weighted by Crippen LogP contribution is 2.75. The molecule has 26 atom stereocenters. The summed E-state index contributed by atoms with van der Waals surface area (Å²) in [6, 6.07) is 0. The standard InChI is InChI=1S/C48H82O20/c1-20(29(51)36(58)40(62)45(4,5)68-43-39(61)34(56)31(53)25(18-50)65-43)21-13-14-48(8)27-11-9-22-23(46(27,6)15-16-47(21,48)7)10-12-28(44(22,2)3)67-42-38(60)35(57)32(54)26(66-42)19-63-41-37(59)33(55)30(52)24(17-49)64-41/h9,20-21,23-43,49-62H,10-19H2,1-8H3/t20-,21+,23?,24+,25+,26+,27+,28-,29-,30+,31+,32+,33-,34-,35-,36+,37+,38+,39+,40+,41+,42-,43-,46-,47+,48-/m0/s1. The van der Waals surface area contributed by atoms with Gasteiger partial charge in [0, 0.05) is 5.41 Å². The fourth-order valence-electron chi connectivity index (χ4n) is 14.2. The van der Waals surface area contributed by atoms with E-state index < -0.39 is 153 Å². The highest BCUT2D eigenvalue weighted by Gasteiger charge is 2.68. The molecule has 0 spiro atoms.